The monoisotopic (exact) mass is 314 g/mol. The molecule has 2 rings (SSSR count). The highest BCUT2D eigenvalue weighted by Crippen LogP contribution is 2.25. The molecule has 100 valence electrons. The number of likely N-dealkylation sites (N-methyl/N-ethyl adjacent to an activating group) is 1. The van der Waals surface area contributed by atoms with Gasteiger partial charge in [-0.3, -0.25) is 0 Å². The standard InChI is InChI=1S/C14H21BrN2O/c1-3-16-6-8-17(9-7-16)11-12-4-5-14(18-2)13(15)10-12/h4-5,10H,3,6-9,11H2,1-2H3/p+2. The molecule has 18 heavy (non-hydrogen) atoms. The van der Waals surface area contributed by atoms with Crippen LogP contribution in [0.25, 0.3) is 0 Å². The van der Waals surface area contributed by atoms with E-state index in [2.05, 4.69) is 35.0 Å². The largest absolute Gasteiger partial charge is 0.496 e. The van der Waals surface area contributed by atoms with Crippen molar-refractivity contribution in [2.24, 2.45) is 0 Å². The number of rotatable bonds is 4. The lowest BCUT2D eigenvalue weighted by Gasteiger charge is -2.29. The van der Waals surface area contributed by atoms with Crippen LogP contribution in [-0.2, 0) is 6.54 Å². The van der Waals surface area contributed by atoms with Crippen LogP contribution in [0.1, 0.15) is 12.5 Å². The predicted octanol–water partition coefficient (Wildman–Crippen LogP) is -0.239. The fraction of sp³-hybridized carbons (Fsp3) is 0.571. The zero-order chi connectivity index (χ0) is 13.0. The second kappa shape index (κ2) is 6.55. The summed E-state index contributed by atoms with van der Waals surface area (Å²) in [6.45, 7) is 9.85. The summed E-state index contributed by atoms with van der Waals surface area (Å²) in [6.07, 6.45) is 0. The van der Waals surface area contributed by atoms with Gasteiger partial charge in [0.15, 0.2) is 0 Å². The van der Waals surface area contributed by atoms with Gasteiger partial charge in [0.25, 0.3) is 0 Å². The van der Waals surface area contributed by atoms with Gasteiger partial charge in [0, 0.05) is 5.56 Å². The van der Waals surface area contributed by atoms with Gasteiger partial charge in [-0.05, 0) is 41.1 Å². The molecule has 1 aromatic carbocycles. The molecular formula is C14H23BrN2O+2. The summed E-state index contributed by atoms with van der Waals surface area (Å²) in [6, 6.07) is 6.41. The quantitative estimate of drug-likeness (QED) is 0.785. The number of hydrogen-bond donors (Lipinski definition) is 2. The summed E-state index contributed by atoms with van der Waals surface area (Å²) < 4.78 is 6.32. The molecular weight excluding hydrogens is 292 g/mol. The van der Waals surface area contributed by atoms with Gasteiger partial charge in [0.1, 0.15) is 38.5 Å². The molecule has 3 nitrogen and oxygen atoms in total. The van der Waals surface area contributed by atoms with Crippen molar-refractivity contribution in [1.82, 2.24) is 0 Å². The number of piperazine rings is 1. The molecule has 1 heterocycles. The number of nitrogens with one attached hydrogen (secondary N) is 2. The highest BCUT2D eigenvalue weighted by atomic mass is 79.9. The highest BCUT2D eigenvalue weighted by molar-refractivity contribution is 9.10. The van der Waals surface area contributed by atoms with Crippen molar-refractivity contribution >= 4 is 15.9 Å². The predicted molar refractivity (Wildman–Crippen MR) is 76.3 cm³/mol. The summed E-state index contributed by atoms with van der Waals surface area (Å²) in [5.41, 5.74) is 1.39. The van der Waals surface area contributed by atoms with Crippen LogP contribution in [0.15, 0.2) is 22.7 Å². The van der Waals surface area contributed by atoms with E-state index in [0.29, 0.717) is 0 Å². The Bertz CT molecular complexity index is 389. The minimum atomic E-state index is 0.911. The van der Waals surface area contributed by atoms with Crippen molar-refractivity contribution in [3.63, 3.8) is 0 Å². The van der Waals surface area contributed by atoms with Crippen molar-refractivity contribution in [2.75, 3.05) is 39.8 Å². The molecule has 0 aromatic heterocycles. The molecule has 0 saturated carbocycles. The summed E-state index contributed by atoms with van der Waals surface area (Å²) in [7, 11) is 1.71. The Labute approximate surface area is 118 Å². The number of quaternary nitrogens is 2. The molecule has 0 amide bonds. The van der Waals surface area contributed by atoms with Crippen LogP contribution in [0.3, 0.4) is 0 Å². The van der Waals surface area contributed by atoms with Crippen LogP contribution < -0.4 is 14.5 Å². The first-order valence-electron chi connectivity index (χ1n) is 6.72. The van der Waals surface area contributed by atoms with Crippen LogP contribution in [-0.4, -0.2) is 39.8 Å². The van der Waals surface area contributed by atoms with Crippen molar-refractivity contribution in [2.45, 2.75) is 13.5 Å². The second-order valence-electron chi connectivity index (χ2n) is 5.00. The third-order valence-corrected chi connectivity index (χ3v) is 4.45. The lowest BCUT2D eigenvalue weighted by molar-refractivity contribution is -1.02. The third-order valence-electron chi connectivity index (χ3n) is 3.83. The third kappa shape index (κ3) is 3.46. The van der Waals surface area contributed by atoms with E-state index in [0.717, 1.165) is 16.8 Å². The number of benzene rings is 1. The molecule has 0 atom stereocenters. The highest BCUT2D eigenvalue weighted by Gasteiger charge is 2.21. The molecule has 1 aliphatic rings. The van der Waals surface area contributed by atoms with Crippen molar-refractivity contribution < 1.29 is 14.5 Å². The van der Waals surface area contributed by atoms with E-state index < -0.39 is 0 Å². The Kier molecular flexibility index (Phi) is 5.03. The van der Waals surface area contributed by atoms with E-state index >= 15 is 0 Å². The summed E-state index contributed by atoms with van der Waals surface area (Å²) in [5, 5.41) is 0. The molecule has 2 N–H and O–H groups in total. The average molecular weight is 315 g/mol. The van der Waals surface area contributed by atoms with E-state index in [1.54, 1.807) is 16.9 Å². The first kappa shape index (κ1) is 13.8. The summed E-state index contributed by atoms with van der Waals surface area (Å²) >= 11 is 3.55. The van der Waals surface area contributed by atoms with Gasteiger partial charge in [-0.15, -0.1) is 0 Å². The molecule has 0 unspecified atom stereocenters. The van der Waals surface area contributed by atoms with Gasteiger partial charge in [0.2, 0.25) is 0 Å². The van der Waals surface area contributed by atoms with Crippen molar-refractivity contribution in [3.05, 3.63) is 28.2 Å². The van der Waals surface area contributed by atoms with Gasteiger partial charge in [-0.25, -0.2) is 0 Å². The van der Waals surface area contributed by atoms with Crippen LogP contribution in [0.2, 0.25) is 0 Å². The first-order chi connectivity index (χ1) is 8.72. The van der Waals surface area contributed by atoms with E-state index in [1.165, 1.54) is 38.3 Å². The Morgan fingerprint density at radius 2 is 1.83 bits per heavy atom. The Balaban J connectivity index is 1.92. The minimum absolute atomic E-state index is 0.911. The normalized spacial score (nSPS) is 23.9. The first-order valence-corrected chi connectivity index (χ1v) is 7.51. The molecule has 0 radical (unpaired) electrons. The molecule has 1 fully saturated rings. The maximum atomic E-state index is 5.26. The fourth-order valence-corrected chi connectivity index (χ4v) is 3.18. The zero-order valence-corrected chi connectivity index (χ0v) is 12.8. The molecule has 1 aromatic rings. The summed E-state index contributed by atoms with van der Waals surface area (Å²) in [5.74, 6) is 0.911. The van der Waals surface area contributed by atoms with Crippen LogP contribution >= 0.6 is 15.9 Å². The zero-order valence-electron chi connectivity index (χ0n) is 11.3. The smallest absolute Gasteiger partial charge is 0.133 e. The molecule has 0 spiro atoms. The summed E-state index contributed by atoms with van der Waals surface area (Å²) in [4.78, 5) is 3.44. The van der Waals surface area contributed by atoms with Gasteiger partial charge < -0.3 is 14.5 Å². The van der Waals surface area contributed by atoms with E-state index in [4.69, 9.17) is 4.74 Å². The molecule has 1 saturated heterocycles. The van der Waals surface area contributed by atoms with Gasteiger partial charge in [-0.1, -0.05) is 0 Å². The second-order valence-corrected chi connectivity index (χ2v) is 5.85. The topological polar surface area (TPSA) is 18.1 Å². The van der Waals surface area contributed by atoms with Gasteiger partial charge in [0.05, 0.1) is 18.1 Å². The maximum Gasteiger partial charge on any atom is 0.133 e. The van der Waals surface area contributed by atoms with E-state index in [9.17, 15) is 0 Å². The molecule has 1 aliphatic heterocycles. The number of methoxy groups -OCH3 is 1. The fourth-order valence-electron chi connectivity index (χ4n) is 2.60. The van der Waals surface area contributed by atoms with Crippen LogP contribution in [0.5, 0.6) is 5.75 Å². The SMILES string of the molecule is CC[NH+]1CC[NH+](Cc2ccc(OC)c(Br)c2)CC1. The number of halogens is 1. The van der Waals surface area contributed by atoms with Crippen LogP contribution in [0, 0.1) is 0 Å². The molecule has 0 bridgehead atoms. The Hall–Kier alpha value is -0.580. The van der Waals surface area contributed by atoms with Gasteiger partial charge >= 0.3 is 0 Å². The van der Waals surface area contributed by atoms with Gasteiger partial charge in [-0.2, -0.15) is 0 Å². The minimum Gasteiger partial charge on any atom is -0.496 e. The lowest BCUT2D eigenvalue weighted by Crippen LogP contribution is -3.27. The molecule has 0 aliphatic carbocycles. The lowest BCUT2D eigenvalue weighted by atomic mass is 10.2. The van der Waals surface area contributed by atoms with Crippen molar-refractivity contribution in [3.8, 4) is 5.75 Å². The number of hydrogen-bond acceptors (Lipinski definition) is 1. The van der Waals surface area contributed by atoms with Crippen LogP contribution in [0.4, 0.5) is 0 Å². The van der Waals surface area contributed by atoms with E-state index in [1.807, 2.05) is 6.07 Å². The van der Waals surface area contributed by atoms with E-state index in [-0.39, 0.29) is 0 Å². The Morgan fingerprint density at radius 1 is 1.17 bits per heavy atom. The van der Waals surface area contributed by atoms with Crippen molar-refractivity contribution in [1.29, 1.82) is 0 Å². The average Bonchev–Trinajstić information content (AvgIpc) is 2.40. The number of ether oxygens (including phenoxy) is 1. The maximum absolute atomic E-state index is 5.26. The molecule has 4 heteroatoms. The Morgan fingerprint density at radius 3 is 2.39 bits per heavy atom.